The molecule has 0 atom stereocenters. The van der Waals surface area contributed by atoms with E-state index in [1.54, 1.807) is 38.8 Å². The molecule has 0 spiro atoms. The molecule has 10 nitrogen and oxygen atoms in total. The minimum absolute atomic E-state index is 0.238. The molecule has 0 saturated carbocycles. The third-order valence-electron chi connectivity index (χ3n) is 6.17. The molecule has 1 aliphatic heterocycles. The minimum Gasteiger partial charge on any atom is -0.331 e. The van der Waals surface area contributed by atoms with E-state index in [0.29, 0.717) is 22.5 Å². The number of nitrogens with zero attached hydrogens (tertiary/aromatic N) is 5. The first-order chi connectivity index (χ1) is 17.5. The summed E-state index contributed by atoms with van der Waals surface area (Å²) in [5.74, 6) is -0.304. The molecule has 3 aromatic heterocycles. The number of H-pyrrole nitrogens is 1. The van der Waals surface area contributed by atoms with Crippen LogP contribution in [-0.4, -0.2) is 69.1 Å². The number of benzene rings is 1. The van der Waals surface area contributed by atoms with Gasteiger partial charge in [0, 0.05) is 49.7 Å². The van der Waals surface area contributed by atoms with Crippen LogP contribution in [-0.2, 0) is 6.54 Å². The summed E-state index contributed by atoms with van der Waals surface area (Å²) in [4.78, 5) is 37.7. The second-order valence-corrected chi connectivity index (χ2v) is 9.09. The Bertz CT molecular complexity index is 1410. The number of fused-ring (bicyclic) bond motifs is 1. The van der Waals surface area contributed by atoms with E-state index < -0.39 is 0 Å². The molecule has 184 valence electrons. The fraction of sp³-hybridized carbons (Fsp3) is 0.269. The van der Waals surface area contributed by atoms with Crippen LogP contribution in [0.3, 0.4) is 0 Å². The number of rotatable bonds is 6. The molecule has 0 bridgehead atoms. The molecule has 0 radical (unpaired) electrons. The van der Waals surface area contributed by atoms with Crippen molar-refractivity contribution >= 4 is 34.2 Å². The number of carbonyl (C=O) groups excluding carboxylic acids is 2. The monoisotopic (exact) mass is 484 g/mol. The Balaban J connectivity index is 1.36. The van der Waals surface area contributed by atoms with Crippen molar-refractivity contribution in [2.75, 3.05) is 37.8 Å². The Labute approximate surface area is 208 Å². The number of amides is 3. The van der Waals surface area contributed by atoms with Gasteiger partial charge in [0.05, 0.1) is 23.1 Å². The van der Waals surface area contributed by atoms with Gasteiger partial charge in [-0.15, -0.1) is 0 Å². The largest absolute Gasteiger partial charge is 0.331 e. The first kappa shape index (κ1) is 23.4. The fourth-order valence-electron chi connectivity index (χ4n) is 4.27. The van der Waals surface area contributed by atoms with Crippen LogP contribution in [0.4, 0.5) is 16.2 Å². The SMILES string of the molecule is CN(C)C(=O)Nc1cncc(-c2ccc3[nH]nc(C(=O)Nc4ccnc(CN5CCCC5)c4)c3c2)c1. The number of hydrogen-bond acceptors (Lipinski definition) is 6. The minimum atomic E-state index is -0.304. The predicted octanol–water partition coefficient (Wildman–Crippen LogP) is 3.96. The molecule has 4 aromatic rings. The topological polar surface area (TPSA) is 119 Å². The van der Waals surface area contributed by atoms with Gasteiger partial charge in [-0.3, -0.25) is 24.8 Å². The molecule has 1 aliphatic rings. The summed E-state index contributed by atoms with van der Waals surface area (Å²) in [7, 11) is 3.35. The maximum atomic E-state index is 13.1. The summed E-state index contributed by atoms with van der Waals surface area (Å²) >= 11 is 0. The highest BCUT2D eigenvalue weighted by Gasteiger charge is 2.17. The molecule has 4 heterocycles. The highest BCUT2D eigenvalue weighted by molar-refractivity contribution is 6.11. The smallest absolute Gasteiger partial charge is 0.321 e. The van der Waals surface area contributed by atoms with E-state index in [-0.39, 0.29) is 11.9 Å². The molecule has 0 aliphatic carbocycles. The second-order valence-electron chi connectivity index (χ2n) is 9.09. The maximum Gasteiger partial charge on any atom is 0.321 e. The second kappa shape index (κ2) is 10.1. The Morgan fingerprint density at radius 3 is 2.64 bits per heavy atom. The molecule has 1 aromatic carbocycles. The summed E-state index contributed by atoms with van der Waals surface area (Å²) in [5.41, 5.74) is 4.90. The number of pyridine rings is 2. The van der Waals surface area contributed by atoms with E-state index in [9.17, 15) is 9.59 Å². The van der Waals surface area contributed by atoms with Gasteiger partial charge in [-0.1, -0.05) is 6.07 Å². The van der Waals surface area contributed by atoms with E-state index in [1.807, 2.05) is 30.3 Å². The van der Waals surface area contributed by atoms with E-state index in [4.69, 9.17) is 0 Å². The maximum absolute atomic E-state index is 13.1. The van der Waals surface area contributed by atoms with Gasteiger partial charge in [-0.2, -0.15) is 5.10 Å². The molecule has 1 saturated heterocycles. The summed E-state index contributed by atoms with van der Waals surface area (Å²) in [6, 6.07) is 11.0. The third kappa shape index (κ3) is 5.18. The number of aromatic nitrogens is 4. The van der Waals surface area contributed by atoms with Crippen LogP contribution in [0.2, 0.25) is 0 Å². The summed E-state index contributed by atoms with van der Waals surface area (Å²) in [5, 5.41) is 13.7. The summed E-state index contributed by atoms with van der Waals surface area (Å²) in [6.45, 7) is 2.95. The Hall–Kier alpha value is -4.31. The van der Waals surface area contributed by atoms with Gasteiger partial charge in [0.1, 0.15) is 0 Å². The molecular formula is C26H28N8O2. The van der Waals surface area contributed by atoms with Crippen molar-refractivity contribution in [1.29, 1.82) is 0 Å². The molecule has 3 amide bonds. The zero-order valence-corrected chi connectivity index (χ0v) is 20.3. The first-order valence-corrected chi connectivity index (χ1v) is 11.9. The number of likely N-dealkylation sites (tertiary alicyclic amines) is 1. The van der Waals surface area contributed by atoms with Crippen LogP contribution in [0.25, 0.3) is 22.0 Å². The molecular weight excluding hydrogens is 456 g/mol. The first-order valence-electron chi connectivity index (χ1n) is 11.9. The van der Waals surface area contributed by atoms with E-state index >= 15 is 0 Å². The van der Waals surface area contributed by atoms with Crippen LogP contribution in [0.15, 0.2) is 55.0 Å². The van der Waals surface area contributed by atoms with Gasteiger partial charge < -0.3 is 15.5 Å². The zero-order valence-electron chi connectivity index (χ0n) is 20.3. The van der Waals surface area contributed by atoms with Gasteiger partial charge >= 0.3 is 6.03 Å². The lowest BCUT2D eigenvalue weighted by Crippen LogP contribution is -2.27. The highest BCUT2D eigenvalue weighted by atomic mass is 16.2. The zero-order chi connectivity index (χ0) is 25.1. The van der Waals surface area contributed by atoms with Crippen LogP contribution in [0.1, 0.15) is 29.0 Å². The van der Waals surface area contributed by atoms with Crippen molar-refractivity contribution in [2.24, 2.45) is 0 Å². The molecule has 1 fully saturated rings. The average Bonchev–Trinajstić information content (AvgIpc) is 3.54. The number of anilines is 2. The number of nitrogens with one attached hydrogen (secondary N) is 3. The Morgan fingerprint density at radius 2 is 1.83 bits per heavy atom. The van der Waals surface area contributed by atoms with Gasteiger partial charge in [0.25, 0.3) is 5.91 Å². The number of hydrogen-bond donors (Lipinski definition) is 3. The van der Waals surface area contributed by atoms with Crippen molar-refractivity contribution in [3.05, 3.63) is 66.4 Å². The quantitative estimate of drug-likeness (QED) is 0.381. The highest BCUT2D eigenvalue weighted by Crippen LogP contribution is 2.27. The van der Waals surface area contributed by atoms with E-state index in [1.165, 1.54) is 17.7 Å². The van der Waals surface area contributed by atoms with Gasteiger partial charge in [-0.25, -0.2) is 4.79 Å². The van der Waals surface area contributed by atoms with E-state index in [2.05, 4.69) is 35.7 Å². The number of carbonyl (C=O) groups is 2. The van der Waals surface area contributed by atoms with Crippen LogP contribution < -0.4 is 10.6 Å². The van der Waals surface area contributed by atoms with Crippen LogP contribution in [0, 0.1) is 0 Å². The summed E-state index contributed by atoms with van der Waals surface area (Å²) < 4.78 is 0. The molecule has 10 heteroatoms. The van der Waals surface area contributed by atoms with E-state index in [0.717, 1.165) is 42.0 Å². The molecule has 0 unspecified atom stereocenters. The fourth-order valence-corrected chi connectivity index (χ4v) is 4.27. The summed E-state index contributed by atoms with van der Waals surface area (Å²) in [6.07, 6.45) is 7.46. The lowest BCUT2D eigenvalue weighted by molar-refractivity contribution is 0.102. The van der Waals surface area contributed by atoms with Crippen molar-refractivity contribution in [3.63, 3.8) is 0 Å². The molecule has 5 rings (SSSR count). The van der Waals surface area contributed by atoms with Crippen molar-refractivity contribution in [1.82, 2.24) is 30.0 Å². The Kier molecular flexibility index (Phi) is 6.59. The standard InChI is InChI=1S/C26H28N8O2/c1-33(2)26(36)30-20-11-18(14-27-15-20)17-5-6-23-22(12-17)24(32-31-23)25(35)29-19-7-8-28-21(13-19)16-34-9-3-4-10-34/h5-8,11-15H,3-4,9-10,16H2,1-2H3,(H,30,36)(H,31,32)(H,28,29,35). The predicted molar refractivity (Wildman–Crippen MR) is 139 cm³/mol. The molecule has 36 heavy (non-hydrogen) atoms. The van der Waals surface area contributed by atoms with Crippen molar-refractivity contribution in [3.8, 4) is 11.1 Å². The van der Waals surface area contributed by atoms with Crippen molar-refractivity contribution in [2.45, 2.75) is 19.4 Å². The van der Waals surface area contributed by atoms with Crippen LogP contribution >= 0.6 is 0 Å². The number of urea groups is 1. The van der Waals surface area contributed by atoms with Gasteiger partial charge in [0.15, 0.2) is 5.69 Å². The molecule has 3 N–H and O–H groups in total. The average molecular weight is 485 g/mol. The third-order valence-corrected chi connectivity index (χ3v) is 6.17. The van der Waals surface area contributed by atoms with Crippen molar-refractivity contribution < 1.29 is 9.59 Å². The lowest BCUT2D eigenvalue weighted by Gasteiger charge is -2.14. The lowest BCUT2D eigenvalue weighted by atomic mass is 10.0. The van der Waals surface area contributed by atoms with Gasteiger partial charge in [-0.05, 0) is 61.8 Å². The van der Waals surface area contributed by atoms with Gasteiger partial charge in [0.2, 0.25) is 0 Å². The van der Waals surface area contributed by atoms with Crippen LogP contribution in [0.5, 0.6) is 0 Å². The number of aromatic amines is 1. The normalized spacial score (nSPS) is 13.6. The Morgan fingerprint density at radius 1 is 1.00 bits per heavy atom.